The van der Waals surface area contributed by atoms with Crippen LogP contribution < -0.4 is 0 Å². The molecule has 0 heterocycles. The smallest absolute Gasteiger partial charge is 0.302 e. The number of fused-ring (bicyclic) bond motifs is 5. The Balaban J connectivity index is 1.66. The Hall–Kier alpha value is -1.39. The van der Waals surface area contributed by atoms with Crippen molar-refractivity contribution in [1.29, 1.82) is 0 Å². The molecule has 0 aromatic heterocycles. The van der Waals surface area contributed by atoms with Crippen LogP contribution in [0.2, 0.25) is 0 Å². The summed E-state index contributed by atoms with van der Waals surface area (Å²) in [7, 11) is 0. The van der Waals surface area contributed by atoms with Crippen LogP contribution in [-0.2, 0) is 23.9 Å². The highest BCUT2D eigenvalue weighted by Gasteiger charge is 2.64. The number of ketones is 1. The van der Waals surface area contributed by atoms with E-state index in [1.54, 1.807) is 6.92 Å². The molecule has 5 nitrogen and oxygen atoms in total. The zero-order valence-corrected chi connectivity index (χ0v) is 19.2. The third kappa shape index (κ3) is 3.40. The quantitative estimate of drug-likeness (QED) is 0.621. The van der Waals surface area contributed by atoms with E-state index in [2.05, 4.69) is 13.8 Å². The highest BCUT2D eigenvalue weighted by Crippen LogP contribution is 2.68. The Morgan fingerprint density at radius 3 is 2.17 bits per heavy atom. The molecule has 4 aliphatic carbocycles. The van der Waals surface area contributed by atoms with E-state index in [9.17, 15) is 14.4 Å². The first-order valence-electron chi connectivity index (χ1n) is 11.9. The fourth-order valence-corrected chi connectivity index (χ4v) is 8.64. The predicted molar refractivity (Wildman–Crippen MR) is 112 cm³/mol. The van der Waals surface area contributed by atoms with Crippen molar-refractivity contribution in [3.05, 3.63) is 0 Å². The van der Waals surface area contributed by atoms with Crippen LogP contribution in [0.25, 0.3) is 0 Å². The van der Waals surface area contributed by atoms with Gasteiger partial charge in [-0.3, -0.25) is 14.4 Å². The molecule has 30 heavy (non-hydrogen) atoms. The summed E-state index contributed by atoms with van der Waals surface area (Å²) in [4.78, 5) is 36.0. The molecule has 9 atom stereocenters. The first kappa shape index (κ1) is 21.8. The average molecular weight is 419 g/mol. The second-order valence-electron chi connectivity index (χ2n) is 11.2. The Kier molecular flexibility index (Phi) is 5.55. The number of carbonyl (C=O) groups excluding carboxylic acids is 3. The lowest BCUT2D eigenvalue weighted by Crippen LogP contribution is -2.60. The minimum atomic E-state index is -0.211. The summed E-state index contributed by atoms with van der Waals surface area (Å²) in [6, 6.07) is 0. The largest absolute Gasteiger partial charge is 0.463 e. The van der Waals surface area contributed by atoms with Crippen molar-refractivity contribution in [2.75, 3.05) is 0 Å². The van der Waals surface area contributed by atoms with Gasteiger partial charge in [0.05, 0.1) is 0 Å². The van der Waals surface area contributed by atoms with Gasteiger partial charge in [0.15, 0.2) is 0 Å². The summed E-state index contributed by atoms with van der Waals surface area (Å²) in [6.07, 6.45) is 7.88. The van der Waals surface area contributed by atoms with Gasteiger partial charge in [-0.05, 0) is 86.9 Å². The van der Waals surface area contributed by atoms with Crippen LogP contribution >= 0.6 is 0 Å². The summed E-state index contributed by atoms with van der Waals surface area (Å²) in [5.41, 5.74) is 0.0284. The molecule has 1 unspecified atom stereocenters. The third-order valence-corrected chi connectivity index (χ3v) is 9.66. The van der Waals surface area contributed by atoms with E-state index in [1.807, 2.05) is 0 Å². The molecule has 0 amide bonds. The standard InChI is InChI=1S/C25H38O5/c1-14(26)20-8-9-21-19-7-6-17-12-18(29-15(2)27)10-11-24(17,4)23(19)22(30-16(3)28)13-25(20,21)5/h17-23H,6-13H2,1-5H3/t17?,18-,19-,20+,21-,22+,23+,24-,25+/m0/s1. The van der Waals surface area contributed by atoms with Gasteiger partial charge in [0.2, 0.25) is 0 Å². The third-order valence-electron chi connectivity index (χ3n) is 9.66. The van der Waals surface area contributed by atoms with Crippen molar-refractivity contribution < 1.29 is 23.9 Å². The topological polar surface area (TPSA) is 69.7 Å². The van der Waals surface area contributed by atoms with Crippen molar-refractivity contribution in [1.82, 2.24) is 0 Å². The van der Waals surface area contributed by atoms with E-state index in [1.165, 1.54) is 13.8 Å². The summed E-state index contributed by atoms with van der Waals surface area (Å²) >= 11 is 0. The Morgan fingerprint density at radius 2 is 1.53 bits per heavy atom. The lowest BCUT2D eigenvalue weighted by atomic mass is 9.43. The van der Waals surface area contributed by atoms with Gasteiger partial charge in [-0.15, -0.1) is 0 Å². The molecule has 4 rings (SSSR count). The van der Waals surface area contributed by atoms with Crippen molar-refractivity contribution in [3.8, 4) is 0 Å². The molecule has 168 valence electrons. The Morgan fingerprint density at radius 1 is 0.833 bits per heavy atom. The molecular weight excluding hydrogens is 380 g/mol. The first-order chi connectivity index (χ1) is 14.1. The molecule has 0 aromatic rings. The number of hydrogen-bond acceptors (Lipinski definition) is 5. The molecule has 0 N–H and O–H groups in total. The van der Waals surface area contributed by atoms with E-state index >= 15 is 0 Å². The fourth-order valence-electron chi connectivity index (χ4n) is 8.64. The monoisotopic (exact) mass is 418 g/mol. The maximum absolute atomic E-state index is 12.5. The van der Waals surface area contributed by atoms with Crippen molar-refractivity contribution in [3.63, 3.8) is 0 Å². The van der Waals surface area contributed by atoms with Gasteiger partial charge in [-0.25, -0.2) is 0 Å². The van der Waals surface area contributed by atoms with Crippen LogP contribution in [0.1, 0.15) is 86.0 Å². The van der Waals surface area contributed by atoms with Gasteiger partial charge in [0.25, 0.3) is 0 Å². The van der Waals surface area contributed by atoms with Crippen LogP contribution in [0, 0.1) is 40.4 Å². The van der Waals surface area contributed by atoms with Crippen LogP contribution in [0.4, 0.5) is 0 Å². The lowest BCUT2D eigenvalue weighted by Gasteiger charge is -2.62. The van der Waals surface area contributed by atoms with Crippen molar-refractivity contribution in [2.45, 2.75) is 98.2 Å². The molecule has 0 aliphatic heterocycles. The number of rotatable bonds is 3. The Bertz CT molecular complexity index is 731. The van der Waals surface area contributed by atoms with Crippen LogP contribution in [0.15, 0.2) is 0 Å². The number of Topliss-reactive ketones (excluding diaryl/α,β-unsaturated/α-hetero) is 1. The molecule has 4 aliphatic rings. The van der Waals surface area contributed by atoms with Gasteiger partial charge < -0.3 is 9.47 Å². The molecule has 0 radical (unpaired) electrons. The van der Waals surface area contributed by atoms with E-state index in [0.29, 0.717) is 29.5 Å². The number of hydrogen-bond donors (Lipinski definition) is 0. The summed E-state index contributed by atoms with van der Waals surface area (Å²) in [5, 5.41) is 0. The SMILES string of the molecule is CC(=O)O[C@H]1CC[C@@]2(C)C(CC[C@@H]3[C@@H]2[C@H](OC(C)=O)C[C@]2(C)[C@@H](C(C)=O)CC[C@@H]32)C1. The molecule has 0 spiro atoms. The highest BCUT2D eigenvalue weighted by molar-refractivity contribution is 5.79. The lowest BCUT2D eigenvalue weighted by molar-refractivity contribution is -0.200. The van der Waals surface area contributed by atoms with Crippen molar-refractivity contribution >= 4 is 17.7 Å². The molecule has 4 fully saturated rings. The summed E-state index contributed by atoms with van der Waals surface area (Å²) in [6.45, 7) is 9.43. The van der Waals surface area contributed by atoms with Gasteiger partial charge in [-0.2, -0.15) is 0 Å². The fraction of sp³-hybridized carbons (Fsp3) is 0.880. The van der Waals surface area contributed by atoms with Crippen molar-refractivity contribution in [2.24, 2.45) is 40.4 Å². The molecule has 0 saturated heterocycles. The van der Waals surface area contributed by atoms with E-state index < -0.39 is 0 Å². The molecule has 5 heteroatoms. The maximum atomic E-state index is 12.5. The normalized spacial score (nSPS) is 47.4. The van der Waals surface area contributed by atoms with Crippen LogP contribution in [0.3, 0.4) is 0 Å². The van der Waals surface area contributed by atoms with Gasteiger partial charge in [0, 0.05) is 25.7 Å². The average Bonchev–Trinajstić information content (AvgIpc) is 2.97. The number of ether oxygens (including phenoxy) is 2. The van der Waals surface area contributed by atoms with Gasteiger partial charge in [-0.1, -0.05) is 13.8 Å². The highest BCUT2D eigenvalue weighted by atomic mass is 16.5. The van der Waals surface area contributed by atoms with E-state index in [0.717, 1.165) is 51.4 Å². The number of esters is 2. The van der Waals surface area contributed by atoms with Crippen LogP contribution in [-0.4, -0.2) is 29.9 Å². The Labute approximate surface area is 180 Å². The van der Waals surface area contributed by atoms with E-state index in [4.69, 9.17) is 9.47 Å². The minimum Gasteiger partial charge on any atom is -0.463 e. The zero-order chi connectivity index (χ0) is 21.8. The summed E-state index contributed by atoms with van der Waals surface area (Å²) < 4.78 is 11.6. The first-order valence-corrected chi connectivity index (χ1v) is 11.9. The molecule has 0 aromatic carbocycles. The van der Waals surface area contributed by atoms with Gasteiger partial charge >= 0.3 is 11.9 Å². The van der Waals surface area contributed by atoms with Gasteiger partial charge in [0.1, 0.15) is 18.0 Å². The van der Waals surface area contributed by atoms with E-state index in [-0.39, 0.29) is 40.9 Å². The molecule has 4 saturated carbocycles. The second kappa shape index (κ2) is 7.63. The number of carbonyl (C=O) groups is 3. The molecule has 0 bridgehead atoms. The maximum Gasteiger partial charge on any atom is 0.302 e. The molecular formula is C25H38O5. The summed E-state index contributed by atoms with van der Waals surface area (Å²) in [5.74, 6) is 1.85. The second-order valence-corrected chi connectivity index (χ2v) is 11.2. The predicted octanol–water partition coefficient (Wildman–Crippen LogP) is 4.71. The minimum absolute atomic E-state index is 0.0201. The zero-order valence-electron chi connectivity index (χ0n) is 19.2. The van der Waals surface area contributed by atoms with Crippen LogP contribution in [0.5, 0.6) is 0 Å².